The Hall–Kier alpha value is -4.38. The molecule has 0 saturated carbocycles. The summed E-state index contributed by atoms with van der Waals surface area (Å²) >= 11 is 0. The van der Waals surface area contributed by atoms with Crippen molar-refractivity contribution >= 4 is 33.9 Å². The van der Waals surface area contributed by atoms with Gasteiger partial charge in [-0.25, -0.2) is 0 Å². The van der Waals surface area contributed by atoms with Crippen molar-refractivity contribution in [2.45, 2.75) is 24.7 Å². The first-order valence-corrected chi connectivity index (χ1v) is 15.9. The van der Waals surface area contributed by atoms with E-state index in [1.807, 2.05) is 0 Å². The molecule has 0 spiro atoms. The molecule has 0 amide bonds. The van der Waals surface area contributed by atoms with Crippen LogP contribution in [0.1, 0.15) is 29.5 Å². The topological polar surface area (TPSA) is 0 Å². The molecule has 198 valence electrons. The Morgan fingerprint density at radius 1 is 0.585 bits per heavy atom. The van der Waals surface area contributed by atoms with Crippen LogP contribution in [0, 0.1) is 0 Å². The lowest BCUT2D eigenvalue weighted by molar-refractivity contribution is 0.587. The molecule has 0 bridgehead atoms. The Labute approximate surface area is 244 Å². The fourth-order valence-electron chi connectivity index (χ4n) is 6.61. The molecule has 1 heterocycles. The summed E-state index contributed by atoms with van der Waals surface area (Å²) in [6, 6.07) is 38.7. The average Bonchev–Trinajstić information content (AvgIpc) is 3.29. The molecule has 2 unspecified atom stereocenters. The number of fused-ring (bicyclic) bond motifs is 3. The molecule has 4 aromatic carbocycles. The molecular formula is C40H33P. The summed E-state index contributed by atoms with van der Waals surface area (Å²) < 4.78 is 0. The Kier molecular flexibility index (Phi) is 7.01. The first kappa shape index (κ1) is 25.6. The van der Waals surface area contributed by atoms with Gasteiger partial charge in [0, 0.05) is 15.7 Å². The van der Waals surface area contributed by atoms with Gasteiger partial charge in [-0.05, 0) is 64.2 Å². The summed E-state index contributed by atoms with van der Waals surface area (Å²) in [5.41, 5.74) is 5.16. The van der Waals surface area contributed by atoms with Gasteiger partial charge < -0.3 is 0 Å². The highest BCUT2D eigenvalue weighted by molar-refractivity contribution is 7.71. The van der Waals surface area contributed by atoms with E-state index < -0.39 is 7.53 Å². The third-order valence-electron chi connectivity index (χ3n) is 8.51. The van der Waals surface area contributed by atoms with Gasteiger partial charge in [-0.2, -0.15) is 0 Å². The molecule has 41 heavy (non-hydrogen) atoms. The maximum atomic E-state index is 2.53. The molecule has 7 rings (SSSR count). The normalized spacial score (nSPS) is 16.7. The molecule has 2 aliphatic rings. The lowest BCUT2D eigenvalue weighted by Crippen LogP contribution is -2.33. The molecule has 1 heteroatoms. The van der Waals surface area contributed by atoms with Gasteiger partial charge >= 0.3 is 0 Å². The Morgan fingerprint density at radius 2 is 1.37 bits per heavy atom. The van der Waals surface area contributed by atoms with Gasteiger partial charge in [-0.1, -0.05) is 165 Å². The first-order chi connectivity index (χ1) is 20.3. The minimum atomic E-state index is -0.595. The third kappa shape index (κ3) is 4.69. The van der Waals surface area contributed by atoms with Crippen LogP contribution in [0.3, 0.4) is 0 Å². The van der Waals surface area contributed by atoms with Gasteiger partial charge in [-0.15, -0.1) is 0 Å². The molecule has 2 atom stereocenters. The quantitative estimate of drug-likeness (QED) is 0.199. The number of allylic oxidation sites excluding steroid dienone is 12. The second-order valence-corrected chi connectivity index (χ2v) is 13.0. The van der Waals surface area contributed by atoms with Crippen LogP contribution in [0.2, 0.25) is 0 Å². The van der Waals surface area contributed by atoms with E-state index >= 15 is 0 Å². The lowest BCUT2D eigenvalue weighted by atomic mass is 9.64. The number of hydrogen-bond donors (Lipinski definition) is 0. The summed E-state index contributed by atoms with van der Waals surface area (Å²) in [6.07, 6.45) is 25.5. The largest absolute Gasteiger partial charge is 0.0807 e. The van der Waals surface area contributed by atoms with Crippen molar-refractivity contribution < 1.29 is 0 Å². The van der Waals surface area contributed by atoms with Crippen molar-refractivity contribution in [2.75, 3.05) is 0 Å². The minimum absolute atomic E-state index is 0.304. The molecular weight excluding hydrogens is 511 g/mol. The predicted molar refractivity (Wildman–Crippen MR) is 180 cm³/mol. The monoisotopic (exact) mass is 544 g/mol. The zero-order chi connectivity index (χ0) is 27.5. The Morgan fingerprint density at radius 3 is 2.24 bits per heavy atom. The fourth-order valence-corrected chi connectivity index (χ4v) is 9.23. The molecule has 0 fully saturated rings. The maximum Gasteiger partial charge on any atom is 0.0457 e. The highest BCUT2D eigenvalue weighted by atomic mass is 31.1. The standard InChI is InChI=1S/C40H33P/c1-2-10-20-32(19-9-1)40(33-21-11-6-12-22-33,30-31-17-7-5-8-18-31)34-27-28-39-37(29-34)36-25-15-16-26-38(36)41(39)35-23-13-3-4-14-24-35/h1-3,5-19,21-29H,4,20,30H2. The van der Waals surface area contributed by atoms with E-state index in [0.29, 0.717) is 0 Å². The molecule has 0 saturated heterocycles. The van der Waals surface area contributed by atoms with Gasteiger partial charge in [0.25, 0.3) is 0 Å². The Balaban J connectivity index is 1.53. The molecule has 5 aromatic rings. The van der Waals surface area contributed by atoms with E-state index in [0.717, 1.165) is 19.3 Å². The van der Waals surface area contributed by atoms with Crippen LogP contribution in [0.25, 0.3) is 26.3 Å². The van der Waals surface area contributed by atoms with Gasteiger partial charge in [0.2, 0.25) is 0 Å². The lowest BCUT2D eigenvalue weighted by Gasteiger charge is -2.38. The van der Waals surface area contributed by atoms with Crippen LogP contribution in [0.4, 0.5) is 0 Å². The summed E-state index contributed by atoms with van der Waals surface area (Å²) in [4.78, 5) is 0. The van der Waals surface area contributed by atoms with Crippen molar-refractivity contribution in [3.63, 3.8) is 0 Å². The number of benzene rings is 4. The SMILES string of the molecule is C1=CC=C(C(Cc2ccccc2)(c2ccccc2)c2ccc3c(c2)c2ccccc2p3C2=CC=CCC=C2)CC=C1. The zero-order valence-electron chi connectivity index (χ0n) is 23.2. The van der Waals surface area contributed by atoms with Crippen molar-refractivity contribution in [3.05, 3.63) is 186 Å². The molecule has 2 aliphatic carbocycles. The van der Waals surface area contributed by atoms with E-state index in [-0.39, 0.29) is 5.41 Å². The van der Waals surface area contributed by atoms with Crippen LogP contribution in [-0.4, -0.2) is 0 Å². The summed E-state index contributed by atoms with van der Waals surface area (Å²) in [7, 11) is -0.595. The van der Waals surface area contributed by atoms with E-state index in [1.54, 1.807) is 0 Å². The average molecular weight is 545 g/mol. The first-order valence-electron chi connectivity index (χ1n) is 14.5. The van der Waals surface area contributed by atoms with E-state index in [4.69, 9.17) is 0 Å². The van der Waals surface area contributed by atoms with Crippen molar-refractivity contribution in [3.8, 4) is 0 Å². The molecule has 1 aromatic heterocycles. The van der Waals surface area contributed by atoms with Crippen LogP contribution in [0.5, 0.6) is 0 Å². The zero-order valence-corrected chi connectivity index (χ0v) is 24.1. The minimum Gasteiger partial charge on any atom is -0.0807 e. The molecule has 0 nitrogen and oxygen atoms in total. The summed E-state index contributed by atoms with van der Waals surface area (Å²) in [6.45, 7) is 0. The smallest absolute Gasteiger partial charge is 0.0457 e. The Bertz CT molecular complexity index is 1890. The second kappa shape index (κ2) is 11.2. The van der Waals surface area contributed by atoms with Gasteiger partial charge in [0.05, 0.1) is 0 Å². The molecule has 0 radical (unpaired) electrons. The number of hydrogen-bond acceptors (Lipinski definition) is 0. The van der Waals surface area contributed by atoms with Gasteiger partial charge in [0.15, 0.2) is 0 Å². The van der Waals surface area contributed by atoms with Crippen LogP contribution in [-0.2, 0) is 11.8 Å². The summed E-state index contributed by atoms with van der Waals surface area (Å²) in [5, 5.41) is 7.13. The van der Waals surface area contributed by atoms with Gasteiger partial charge in [0.1, 0.15) is 0 Å². The highest BCUT2D eigenvalue weighted by Gasteiger charge is 2.38. The maximum absolute atomic E-state index is 2.53. The second-order valence-electron chi connectivity index (χ2n) is 10.9. The van der Waals surface area contributed by atoms with E-state index in [2.05, 4.69) is 164 Å². The molecule has 0 aliphatic heterocycles. The summed E-state index contributed by atoms with van der Waals surface area (Å²) in [5.74, 6) is 0. The fraction of sp³-hybridized carbons (Fsp3) is 0.100. The van der Waals surface area contributed by atoms with Crippen molar-refractivity contribution in [1.29, 1.82) is 0 Å². The van der Waals surface area contributed by atoms with Gasteiger partial charge in [-0.3, -0.25) is 0 Å². The van der Waals surface area contributed by atoms with Crippen LogP contribution >= 0.6 is 7.53 Å². The van der Waals surface area contributed by atoms with Crippen molar-refractivity contribution in [1.82, 2.24) is 0 Å². The molecule has 0 N–H and O–H groups in total. The highest BCUT2D eigenvalue weighted by Crippen LogP contribution is 2.57. The van der Waals surface area contributed by atoms with E-state index in [1.165, 1.54) is 48.6 Å². The van der Waals surface area contributed by atoms with Crippen molar-refractivity contribution in [2.24, 2.45) is 0 Å². The number of rotatable bonds is 6. The third-order valence-corrected chi connectivity index (χ3v) is 11.1. The van der Waals surface area contributed by atoms with Crippen LogP contribution < -0.4 is 0 Å². The van der Waals surface area contributed by atoms with E-state index in [9.17, 15) is 0 Å². The van der Waals surface area contributed by atoms with Crippen LogP contribution in [0.15, 0.2) is 169 Å². The predicted octanol–water partition coefficient (Wildman–Crippen LogP) is 11.3.